The van der Waals surface area contributed by atoms with Crippen molar-refractivity contribution in [2.45, 2.75) is 26.2 Å². The van der Waals surface area contributed by atoms with Crippen molar-refractivity contribution in [1.82, 2.24) is 9.97 Å². The molecule has 0 aliphatic heterocycles. The summed E-state index contributed by atoms with van der Waals surface area (Å²) < 4.78 is 0. The summed E-state index contributed by atoms with van der Waals surface area (Å²) in [6, 6.07) is 1.88. The van der Waals surface area contributed by atoms with Gasteiger partial charge < -0.3 is 15.3 Å². The van der Waals surface area contributed by atoms with E-state index >= 15 is 0 Å². The predicted octanol–water partition coefficient (Wildman–Crippen LogP) is 1.24. The standard InChI is InChI=1S/C12H22N4O/c1-12(2,3)11-14-9(13-4)8-10(15-11)16(5)6-7-17/h8,17H,6-7H2,1-5H3,(H,13,14,15). The van der Waals surface area contributed by atoms with Crippen molar-refractivity contribution in [1.29, 1.82) is 0 Å². The van der Waals surface area contributed by atoms with Crippen molar-refractivity contribution in [3.05, 3.63) is 11.9 Å². The van der Waals surface area contributed by atoms with E-state index in [-0.39, 0.29) is 12.0 Å². The van der Waals surface area contributed by atoms with E-state index in [9.17, 15) is 0 Å². The van der Waals surface area contributed by atoms with Gasteiger partial charge in [0.05, 0.1) is 6.61 Å². The lowest BCUT2D eigenvalue weighted by molar-refractivity contribution is 0.303. The van der Waals surface area contributed by atoms with E-state index in [0.717, 1.165) is 17.5 Å². The third-order valence-electron chi connectivity index (χ3n) is 2.47. The minimum absolute atomic E-state index is 0.0956. The monoisotopic (exact) mass is 238 g/mol. The number of likely N-dealkylation sites (N-methyl/N-ethyl adjacent to an activating group) is 1. The molecule has 0 aromatic carbocycles. The average molecular weight is 238 g/mol. The third-order valence-corrected chi connectivity index (χ3v) is 2.47. The second-order valence-electron chi connectivity index (χ2n) is 5.08. The van der Waals surface area contributed by atoms with Crippen LogP contribution in [0.15, 0.2) is 6.07 Å². The molecule has 1 heterocycles. The van der Waals surface area contributed by atoms with Gasteiger partial charge in [-0.15, -0.1) is 0 Å². The zero-order valence-corrected chi connectivity index (χ0v) is 11.3. The fourth-order valence-corrected chi connectivity index (χ4v) is 1.36. The van der Waals surface area contributed by atoms with Crippen molar-refractivity contribution in [2.75, 3.05) is 37.5 Å². The largest absolute Gasteiger partial charge is 0.395 e. The molecule has 96 valence electrons. The number of aliphatic hydroxyl groups excluding tert-OH is 1. The molecule has 0 fully saturated rings. The normalized spacial score (nSPS) is 11.4. The number of hydrogen-bond donors (Lipinski definition) is 2. The maximum Gasteiger partial charge on any atom is 0.138 e. The molecule has 2 N–H and O–H groups in total. The predicted molar refractivity (Wildman–Crippen MR) is 70.6 cm³/mol. The molecule has 1 aromatic heterocycles. The Morgan fingerprint density at radius 3 is 2.47 bits per heavy atom. The number of aliphatic hydroxyl groups is 1. The van der Waals surface area contributed by atoms with E-state index in [1.54, 1.807) is 0 Å². The molecule has 0 aliphatic carbocycles. The topological polar surface area (TPSA) is 61.3 Å². The van der Waals surface area contributed by atoms with Gasteiger partial charge in [-0.1, -0.05) is 20.8 Å². The Morgan fingerprint density at radius 2 is 2.00 bits per heavy atom. The molecule has 0 atom stereocenters. The van der Waals surface area contributed by atoms with Gasteiger partial charge in [-0.05, 0) is 0 Å². The highest BCUT2D eigenvalue weighted by Crippen LogP contribution is 2.23. The SMILES string of the molecule is CNc1cc(N(C)CCO)nc(C(C)(C)C)n1. The van der Waals surface area contributed by atoms with Crippen molar-refractivity contribution < 1.29 is 5.11 Å². The second-order valence-corrected chi connectivity index (χ2v) is 5.08. The summed E-state index contributed by atoms with van der Waals surface area (Å²) in [4.78, 5) is 10.9. The number of aromatic nitrogens is 2. The molecule has 0 spiro atoms. The van der Waals surface area contributed by atoms with Crippen LogP contribution < -0.4 is 10.2 Å². The molecular weight excluding hydrogens is 216 g/mol. The average Bonchev–Trinajstić information content (AvgIpc) is 2.27. The Bertz CT molecular complexity index is 373. The highest BCUT2D eigenvalue weighted by Gasteiger charge is 2.19. The number of anilines is 2. The van der Waals surface area contributed by atoms with Crippen LogP contribution in [0.5, 0.6) is 0 Å². The van der Waals surface area contributed by atoms with Gasteiger partial charge in [-0.25, -0.2) is 9.97 Å². The maximum atomic E-state index is 8.95. The van der Waals surface area contributed by atoms with E-state index in [1.165, 1.54) is 0 Å². The molecule has 0 amide bonds. The number of rotatable bonds is 4. The summed E-state index contributed by atoms with van der Waals surface area (Å²) in [6.07, 6.45) is 0. The summed E-state index contributed by atoms with van der Waals surface area (Å²) in [6.45, 7) is 6.91. The van der Waals surface area contributed by atoms with Crippen LogP contribution >= 0.6 is 0 Å². The van der Waals surface area contributed by atoms with Gasteiger partial charge in [-0.3, -0.25) is 0 Å². The fourth-order valence-electron chi connectivity index (χ4n) is 1.36. The minimum atomic E-state index is -0.0956. The molecule has 5 heteroatoms. The zero-order valence-electron chi connectivity index (χ0n) is 11.3. The summed E-state index contributed by atoms with van der Waals surface area (Å²) >= 11 is 0. The van der Waals surface area contributed by atoms with Crippen LogP contribution in [-0.2, 0) is 5.41 Å². The highest BCUT2D eigenvalue weighted by molar-refractivity contribution is 5.49. The zero-order chi connectivity index (χ0) is 13.1. The highest BCUT2D eigenvalue weighted by atomic mass is 16.3. The lowest BCUT2D eigenvalue weighted by Crippen LogP contribution is -2.25. The van der Waals surface area contributed by atoms with Gasteiger partial charge in [0, 0.05) is 32.1 Å². The first-order valence-corrected chi connectivity index (χ1v) is 5.78. The van der Waals surface area contributed by atoms with Crippen molar-refractivity contribution in [2.24, 2.45) is 0 Å². The maximum absolute atomic E-state index is 8.95. The van der Waals surface area contributed by atoms with E-state index < -0.39 is 0 Å². The second kappa shape index (κ2) is 5.31. The molecule has 1 rings (SSSR count). The molecule has 0 saturated carbocycles. The molecule has 17 heavy (non-hydrogen) atoms. The Hall–Kier alpha value is -1.36. The molecule has 0 aliphatic rings. The summed E-state index contributed by atoms with van der Waals surface area (Å²) in [5.41, 5.74) is -0.0956. The lowest BCUT2D eigenvalue weighted by atomic mass is 9.96. The Kier molecular flexibility index (Phi) is 4.28. The van der Waals surface area contributed by atoms with Crippen molar-refractivity contribution in [3.63, 3.8) is 0 Å². The van der Waals surface area contributed by atoms with E-state index in [4.69, 9.17) is 5.11 Å². The third kappa shape index (κ3) is 3.56. The van der Waals surface area contributed by atoms with Gasteiger partial charge in [0.15, 0.2) is 0 Å². The van der Waals surface area contributed by atoms with E-state index in [2.05, 4.69) is 36.1 Å². The van der Waals surface area contributed by atoms with E-state index in [1.807, 2.05) is 25.1 Å². The first kappa shape index (κ1) is 13.7. The summed E-state index contributed by atoms with van der Waals surface area (Å²) in [5, 5.41) is 12.0. The van der Waals surface area contributed by atoms with Crippen molar-refractivity contribution in [3.8, 4) is 0 Å². The van der Waals surface area contributed by atoms with Gasteiger partial charge in [-0.2, -0.15) is 0 Å². The van der Waals surface area contributed by atoms with Crippen LogP contribution in [0.3, 0.4) is 0 Å². The summed E-state index contributed by atoms with van der Waals surface area (Å²) in [7, 11) is 3.75. The van der Waals surface area contributed by atoms with Crippen LogP contribution in [0.2, 0.25) is 0 Å². The molecule has 0 unspecified atom stereocenters. The van der Waals surface area contributed by atoms with Crippen LogP contribution in [0.4, 0.5) is 11.6 Å². The Morgan fingerprint density at radius 1 is 1.35 bits per heavy atom. The first-order chi connectivity index (χ1) is 7.88. The Balaban J connectivity index is 3.14. The molecular formula is C12H22N4O. The van der Waals surface area contributed by atoms with Crippen LogP contribution in [0.25, 0.3) is 0 Å². The lowest BCUT2D eigenvalue weighted by Gasteiger charge is -2.22. The molecule has 0 saturated heterocycles. The summed E-state index contributed by atoms with van der Waals surface area (Å²) in [5.74, 6) is 2.41. The molecule has 1 aromatic rings. The quantitative estimate of drug-likeness (QED) is 0.826. The smallest absolute Gasteiger partial charge is 0.138 e. The van der Waals surface area contributed by atoms with Gasteiger partial charge in [0.1, 0.15) is 17.5 Å². The molecule has 0 radical (unpaired) electrons. The number of nitrogens with zero attached hydrogens (tertiary/aromatic N) is 3. The van der Waals surface area contributed by atoms with Crippen LogP contribution in [0.1, 0.15) is 26.6 Å². The van der Waals surface area contributed by atoms with Crippen molar-refractivity contribution >= 4 is 11.6 Å². The number of nitrogens with one attached hydrogen (secondary N) is 1. The number of hydrogen-bond acceptors (Lipinski definition) is 5. The van der Waals surface area contributed by atoms with Crippen LogP contribution in [-0.4, -0.2) is 42.3 Å². The fraction of sp³-hybridized carbons (Fsp3) is 0.667. The van der Waals surface area contributed by atoms with Crippen LogP contribution in [0, 0.1) is 0 Å². The van der Waals surface area contributed by atoms with Gasteiger partial charge in [0.2, 0.25) is 0 Å². The Labute approximate surface area is 103 Å². The van der Waals surface area contributed by atoms with Gasteiger partial charge >= 0.3 is 0 Å². The van der Waals surface area contributed by atoms with Gasteiger partial charge in [0.25, 0.3) is 0 Å². The molecule has 0 bridgehead atoms. The molecule has 5 nitrogen and oxygen atoms in total. The minimum Gasteiger partial charge on any atom is -0.395 e. The van der Waals surface area contributed by atoms with E-state index in [0.29, 0.717) is 6.54 Å². The first-order valence-electron chi connectivity index (χ1n) is 5.78.